The quantitative estimate of drug-likeness (QED) is 0.562. The van der Waals surface area contributed by atoms with Crippen LogP contribution < -0.4 is 0 Å². The Morgan fingerprint density at radius 2 is 1.94 bits per heavy atom. The molecule has 92 valence electrons. The number of esters is 1. The number of benzene rings is 1. The number of nitrogens with zero attached hydrogens (tertiary/aromatic N) is 1. The lowest BCUT2D eigenvalue weighted by Gasteiger charge is -2.11. The van der Waals surface area contributed by atoms with E-state index in [0.29, 0.717) is 12.8 Å². The van der Waals surface area contributed by atoms with Crippen LogP contribution in [0.15, 0.2) is 35.5 Å². The summed E-state index contributed by atoms with van der Waals surface area (Å²) in [7, 11) is 0. The van der Waals surface area contributed by atoms with Crippen molar-refractivity contribution < 1.29 is 9.53 Å². The smallest absolute Gasteiger partial charge is 0.334 e. The first-order valence-corrected chi connectivity index (χ1v) is 5.70. The third kappa shape index (κ3) is 4.76. The Morgan fingerprint density at radius 3 is 2.47 bits per heavy atom. The fourth-order valence-corrected chi connectivity index (χ4v) is 1.47. The molecule has 1 aromatic carbocycles. The standard InChI is InChI=1S/C13H17NO3/c1-10(2)17-13(15)12(14-16)9-8-11-6-4-3-5-7-11/h3-7,10,12H,8-9H2,1-2H3. The minimum absolute atomic E-state index is 0.219. The predicted octanol–water partition coefficient (Wildman–Crippen LogP) is 2.71. The number of aryl methyl sites for hydroxylation is 1. The summed E-state index contributed by atoms with van der Waals surface area (Å²) in [6, 6.07) is 8.77. The van der Waals surface area contributed by atoms with E-state index in [2.05, 4.69) is 5.18 Å². The van der Waals surface area contributed by atoms with Crippen molar-refractivity contribution >= 4 is 5.97 Å². The highest BCUT2D eigenvalue weighted by molar-refractivity contribution is 5.76. The molecule has 1 unspecified atom stereocenters. The molecule has 0 bridgehead atoms. The van der Waals surface area contributed by atoms with Crippen LogP contribution in [0.1, 0.15) is 25.8 Å². The number of ether oxygens (including phenoxy) is 1. The van der Waals surface area contributed by atoms with E-state index in [1.165, 1.54) is 0 Å². The highest BCUT2D eigenvalue weighted by Gasteiger charge is 2.21. The first-order valence-electron chi connectivity index (χ1n) is 5.70. The molecule has 0 saturated heterocycles. The second-order valence-electron chi connectivity index (χ2n) is 4.13. The lowest BCUT2D eigenvalue weighted by Crippen LogP contribution is -2.24. The summed E-state index contributed by atoms with van der Waals surface area (Å²) in [6.45, 7) is 3.49. The highest BCUT2D eigenvalue weighted by atomic mass is 16.5. The van der Waals surface area contributed by atoms with Gasteiger partial charge in [-0.05, 0) is 32.3 Å². The van der Waals surface area contributed by atoms with E-state index in [1.54, 1.807) is 13.8 Å². The van der Waals surface area contributed by atoms with E-state index < -0.39 is 12.0 Å². The Balaban J connectivity index is 2.47. The van der Waals surface area contributed by atoms with Gasteiger partial charge in [0.15, 0.2) is 6.04 Å². The minimum Gasteiger partial charge on any atom is -0.461 e. The lowest BCUT2D eigenvalue weighted by molar-refractivity contribution is -0.149. The predicted molar refractivity (Wildman–Crippen MR) is 65.6 cm³/mol. The molecule has 17 heavy (non-hydrogen) atoms. The molecule has 0 aromatic heterocycles. The molecule has 0 radical (unpaired) electrons. The maximum atomic E-state index is 11.5. The molecule has 0 aliphatic rings. The first-order chi connectivity index (χ1) is 8.13. The molecule has 0 heterocycles. The van der Waals surface area contributed by atoms with Crippen molar-refractivity contribution in [3.05, 3.63) is 40.8 Å². The van der Waals surface area contributed by atoms with Crippen molar-refractivity contribution in [1.82, 2.24) is 0 Å². The molecule has 0 aliphatic carbocycles. The average Bonchev–Trinajstić information content (AvgIpc) is 2.30. The molecule has 0 saturated carbocycles. The normalized spacial score (nSPS) is 12.2. The van der Waals surface area contributed by atoms with Gasteiger partial charge in [0.2, 0.25) is 0 Å². The monoisotopic (exact) mass is 235 g/mol. The number of hydrogen-bond acceptors (Lipinski definition) is 4. The summed E-state index contributed by atoms with van der Waals surface area (Å²) in [6.07, 6.45) is 0.812. The van der Waals surface area contributed by atoms with Crippen LogP contribution >= 0.6 is 0 Å². The Labute approximate surface area is 101 Å². The number of hydrogen-bond donors (Lipinski definition) is 0. The number of nitroso groups, excluding NO2 is 1. The van der Waals surface area contributed by atoms with Crippen molar-refractivity contribution in [2.75, 3.05) is 0 Å². The zero-order valence-electron chi connectivity index (χ0n) is 10.1. The van der Waals surface area contributed by atoms with Crippen molar-refractivity contribution in [3.8, 4) is 0 Å². The van der Waals surface area contributed by atoms with E-state index in [-0.39, 0.29) is 6.10 Å². The molecule has 0 N–H and O–H groups in total. The Kier molecular flexibility index (Phi) is 5.33. The van der Waals surface area contributed by atoms with Crippen LogP contribution in [0.3, 0.4) is 0 Å². The number of carbonyl (C=O) groups excluding carboxylic acids is 1. The van der Waals surface area contributed by atoms with Gasteiger partial charge in [-0.2, -0.15) is 0 Å². The van der Waals surface area contributed by atoms with Gasteiger partial charge in [-0.15, -0.1) is 4.91 Å². The van der Waals surface area contributed by atoms with Crippen molar-refractivity contribution in [2.24, 2.45) is 5.18 Å². The van der Waals surface area contributed by atoms with Crippen molar-refractivity contribution in [2.45, 2.75) is 38.8 Å². The molecule has 4 heteroatoms. The second-order valence-corrected chi connectivity index (χ2v) is 4.13. The third-order valence-electron chi connectivity index (χ3n) is 2.30. The number of carbonyl (C=O) groups is 1. The summed E-state index contributed by atoms with van der Waals surface area (Å²) < 4.78 is 4.96. The Bertz CT molecular complexity index is 362. The van der Waals surface area contributed by atoms with Gasteiger partial charge < -0.3 is 4.74 Å². The van der Waals surface area contributed by atoms with Gasteiger partial charge in [-0.3, -0.25) is 0 Å². The zero-order valence-corrected chi connectivity index (χ0v) is 10.1. The van der Waals surface area contributed by atoms with Gasteiger partial charge >= 0.3 is 5.97 Å². The van der Waals surface area contributed by atoms with Gasteiger partial charge in [0.25, 0.3) is 0 Å². The minimum atomic E-state index is -0.905. The maximum Gasteiger partial charge on any atom is 0.334 e. The van der Waals surface area contributed by atoms with Crippen molar-refractivity contribution in [3.63, 3.8) is 0 Å². The van der Waals surface area contributed by atoms with E-state index in [1.807, 2.05) is 30.3 Å². The van der Waals surface area contributed by atoms with E-state index in [0.717, 1.165) is 5.56 Å². The largest absolute Gasteiger partial charge is 0.461 e. The molecule has 0 fully saturated rings. The van der Waals surface area contributed by atoms with E-state index in [9.17, 15) is 9.70 Å². The Hall–Kier alpha value is -1.71. The second kappa shape index (κ2) is 6.78. The lowest BCUT2D eigenvalue weighted by atomic mass is 10.1. The topological polar surface area (TPSA) is 55.7 Å². The zero-order chi connectivity index (χ0) is 12.7. The SMILES string of the molecule is CC(C)OC(=O)C(CCc1ccccc1)N=O. The van der Waals surface area contributed by atoms with Crippen LogP contribution in [0.2, 0.25) is 0 Å². The first kappa shape index (κ1) is 13.4. The average molecular weight is 235 g/mol. The molecule has 1 atom stereocenters. The molecule has 0 amide bonds. The van der Waals surface area contributed by atoms with Gasteiger partial charge in [-0.1, -0.05) is 35.5 Å². The number of rotatable bonds is 6. The van der Waals surface area contributed by atoms with Crippen LogP contribution in [0.5, 0.6) is 0 Å². The Morgan fingerprint density at radius 1 is 1.29 bits per heavy atom. The van der Waals surface area contributed by atoms with E-state index in [4.69, 9.17) is 4.74 Å². The summed E-state index contributed by atoms with van der Waals surface area (Å²) in [4.78, 5) is 22.1. The summed E-state index contributed by atoms with van der Waals surface area (Å²) in [5.74, 6) is -0.536. The van der Waals surface area contributed by atoms with Crippen LogP contribution in [-0.2, 0) is 16.0 Å². The van der Waals surface area contributed by atoms with Gasteiger partial charge in [0, 0.05) is 0 Å². The summed E-state index contributed by atoms with van der Waals surface area (Å²) in [5, 5.41) is 2.83. The third-order valence-corrected chi connectivity index (χ3v) is 2.30. The molecule has 1 rings (SSSR count). The summed E-state index contributed by atoms with van der Waals surface area (Å²) >= 11 is 0. The summed E-state index contributed by atoms with van der Waals surface area (Å²) in [5.41, 5.74) is 1.08. The molecule has 0 spiro atoms. The van der Waals surface area contributed by atoms with Crippen molar-refractivity contribution in [1.29, 1.82) is 0 Å². The van der Waals surface area contributed by atoms with Crippen LogP contribution in [0, 0.1) is 4.91 Å². The van der Waals surface area contributed by atoms with Crippen LogP contribution in [0.4, 0.5) is 0 Å². The van der Waals surface area contributed by atoms with Gasteiger partial charge in [-0.25, -0.2) is 4.79 Å². The fourth-order valence-electron chi connectivity index (χ4n) is 1.47. The van der Waals surface area contributed by atoms with Crippen LogP contribution in [-0.4, -0.2) is 18.1 Å². The van der Waals surface area contributed by atoms with Crippen LogP contribution in [0.25, 0.3) is 0 Å². The molecular formula is C13H17NO3. The van der Waals surface area contributed by atoms with Gasteiger partial charge in [0.05, 0.1) is 6.10 Å². The highest BCUT2D eigenvalue weighted by Crippen LogP contribution is 2.09. The molecular weight excluding hydrogens is 218 g/mol. The molecule has 4 nitrogen and oxygen atoms in total. The van der Waals surface area contributed by atoms with Gasteiger partial charge in [0.1, 0.15) is 0 Å². The fraction of sp³-hybridized carbons (Fsp3) is 0.462. The maximum absolute atomic E-state index is 11.5. The molecule has 1 aromatic rings. The van der Waals surface area contributed by atoms with E-state index >= 15 is 0 Å². The molecule has 0 aliphatic heterocycles.